The summed E-state index contributed by atoms with van der Waals surface area (Å²) in [5.41, 5.74) is 1.12. The second-order valence-corrected chi connectivity index (χ2v) is 2.60. The largest absolute Gasteiger partial charge is 0.478 e. The average Bonchev–Trinajstić information content (AvgIpc) is 2.09. The van der Waals surface area contributed by atoms with Gasteiger partial charge in [0.2, 0.25) is 5.88 Å². The van der Waals surface area contributed by atoms with Gasteiger partial charge in [-0.25, -0.2) is 4.98 Å². The normalized spacial score (nSPS) is 9.83. The zero-order valence-corrected chi connectivity index (χ0v) is 7.16. The van der Waals surface area contributed by atoms with E-state index in [-0.39, 0.29) is 6.61 Å². The molecule has 0 bridgehead atoms. The van der Waals surface area contributed by atoms with E-state index < -0.39 is 0 Å². The molecule has 0 saturated heterocycles. The Labute approximate surface area is 72.0 Å². The summed E-state index contributed by atoms with van der Waals surface area (Å²) in [5, 5.41) is 8.49. The third-order valence-corrected chi connectivity index (χ3v) is 1.44. The third-order valence-electron chi connectivity index (χ3n) is 1.44. The van der Waals surface area contributed by atoms with Crippen LogP contribution in [0.15, 0.2) is 18.3 Å². The van der Waals surface area contributed by atoms with Gasteiger partial charge in [-0.2, -0.15) is 0 Å². The number of aryl methyl sites for hydroxylation is 1. The van der Waals surface area contributed by atoms with Crippen molar-refractivity contribution in [3.8, 4) is 5.88 Å². The average molecular weight is 167 g/mol. The Kier molecular flexibility index (Phi) is 3.54. The Morgan fingerprint density at radius 3 is 2.92 bits per heavy atom. The van der Waals surface area contributed by atoms with E-state index in [1.165, 1.54) is 0 Å². The molecule has 0 aliphatic heterocycles. The first-order chi connectivity index (χ1) is 5.83. The first-order valence-corrected chi connectivity index (χ1v) is 3.99. The van der Waals surface area contributed by atoms with E-state index in [9.17, 15) is 0 Å². The summed E-state index contributed by atoms with van der Waals surface area (Å²) in [5.74, 6) is 0.619. The van der Waals surface area contributed by atoms with Gasteiger partial charge in [-0.3, -0.25) is 0 Å². The van der Waals surface area contributed by atoms with Crippen molar-refractivity contribution in [2.75, 3.05) is 13.2 Å². The summed E-state index contributed by atoms with van der Waals surface area (Å²) in [6.45, 7) is 2.66. The van der Waals surface area contributed by atoms with E-state index in [1.54, 1.807) is 6.20 Å². The molecule has 1 aromatic heterocycles. The first kappa shape index (κ1) is 9.00. The highest BCUT2D eigenvalue weighted by Crippen LogP contribution is 2.06. The monoisotopic (exact) mass is 167 g/mol. The van der Waals surface area contributed by atoms with Crippen LogP contribution in [0.25, 0.3) is 0 Å². The molecule has 12 heavy (non-hydrogen) atoms. The molecule has 1 N–H and O–H groups in total. The molecule has 1 aromatic rings. The van der Waals surface area contributed by atoms with Crippen LogP contribution in [0, 0.1) is 6.92 Å². The smallest absolute Gasteiger partial charge is 0.213 e. The molecule has 1 heterocycles. The van der Waals surface area contributed by atoms with Gasteiger partial charge in [-0.1, -0.05) is 6.07 Å². The van der Waals surface area contributed by atoms with Crippen LogP contribution in [0.5, 0.6) is 5.88 Å². The molecule has 0 saturated carbocycles. The molecule has 0 radical (unpaired) electrons. The van der Waals surface area contributed by atoms with Crippen LogP contribution >= 0.6 is 0 Å². The standard InChI is InChI=1S/C9H13NO2/c1-8-3-4-9(10-7-8)12-6-2-5-11/h3-4,7,11H,2,5-6H2,1H3. The van der Waals surface area contributed by atoms with Crippen molar-refractivity contribution >= 4 is 0 Å². The van der Waals surface area contributed by atoms with E-state index in [2.05, 4.69) is 4.98 Å². The minimum absolute atomic E-state index is 0.159. The molecular weight excluding hydrogens is 154 g/mol. The Hall–Kier alpha value is -1.09. The number of aromatic nitrogens is 1. The zero-order chi connectivity index (χ0) is 8.81. The van der Waals surface area contributed by atoms with Crippen LogP contribution < -0.4 is 4.74 Å². The lowest BCUT2D eigenvalue weighted by Crippen LogP contribution is -2.00. The number of ether oxygens (including phenoxy) is 1. The van der Waals surface area contributed by atoms with Gasteiger partial charge in [0.25, 0.3) is 0 Å². The van der Waals surface area contributed by atoms with E-state index in [0.717, 1.165) is 5.56 Å². The van der Waals surface area contributed by atoms with E-state index in [0.29, 0.717) is 18.9 Å². The van der Waals surface area contributed by atoms with E-state index in [4.69, 9.17) is 9.84 Å². The minimum Gasteiger partial charge on any atom is -0.478 e. The van der Waals surface area contributed by atoms with Crippen LogP contribution in [0.4, 0.5) is 0 Å². The lowest BCUT2D eigenvalue weighted by Gasteiger charge is -2.02. The molecule has 1 rings (SSSR count). The molecule has 3 heteroatoms. The van der Waals surface area contributed by atoms with Crippen molar-refractivity contribution in [3.63, 3.8) is 0 Å². The fourth-order valence-corrected chi connectivity index (χ4v) is 0.781. The van der Waals surface area contributed by atoms with Crippen LogP contribution in [0.2, 0.25) is 0 Å². The second kappa shape index (κ2) is 4.72. The molecule has 0 amide bonds. The number of hydrogen-bond acceptors (Lipinski definition) is 3. The molecule has 0 aliphatic carbocycles. The maximum absolute atomic E-state index is 8.49. The Balaban J connectivity index is 2.37. The molecule has 0 fully saturated rings. The molecule has 0 aromatic carbocycles. The SMILES string of the molecule is Cc1ccc(OCCCO)nc1. The van der Waals surface area contributed by atoms with Crippen molar-refractivity contribution in [1.82, 2.24) is 4.98 Å². The van der Waals surface area contributed by atoms with Gasteiger partial charge in [-0.15, -0.1) is 0 Å². The number of aliphatic hydroxyl groups is 1. The molecular formula is C9H13NO2. The van der Waals surface area contributed by atoms with Gasteiger partial charge >= 0.3 is 0 Å². The first-order valence-electron chi connectivity index (χ1n) is 3.99. The highest BCUT2D eigenvalue weighted by atomic mass is 16.5. The fourth-order valence-electron chi connectivity index (χ4n) is 0.781. The summed E-state index contributed by atoms with van der Waals surface area (Å²) in [6.07, 6.45) is 2.41. The highest BCUT2D eigenvalue weighted by molar-refractivity contribution is 5.16. The summed E-state index contributed by atoms with van der Waals surface area (Å²) in [6, 6.07) is 3.77. The van der Waals surface area contributed by atoms with Gasteiger partial charge in [0.15, 0.2) is 0 Å². The van der Waals surface area contributed by atoms with Gasteiger partial charge in [0.1, 0.15) is 0 Å². The summed E-state index contributed by atoms with van der Waals surface area (Å²) in [4.78, 5) is 4.05. The Bertz CT molecular complexity index is 220. The zero-order valence-electron chi connectivity index (χ0n) is 7.16. The van der Waals surface area contributed by atoms with Crippen LogP contribution in [0.1, 0.15) is 12.0 Å². The molecule has 66 valence electrons. The second-order valence-electron chi connectivity index (χ2n) is 2.60. The quantitative estimate of drug-likeness (QED) is 0.684. The number of rotatable bonds is 4. The molecule has 3 nitrogen and oxygen atoms in total. The minimum atomic E-state index is 0.159. The lowest BCUT2D eigenvalue weighted by atomic mass is 10.3. The predicted octanol–water partition coefficient (Wildman–Crippen LogP) is 1.15. The van der Waals surface area contributed by atoms with Crippen molar-refractivity contribution in [1.29, 1.82) is 0 Å². The molecule has 0 unspecified atom stereocenters. The molecule has 0 atom stereocenters. The Morgan fingerprint density at radius 1 is 1.50 bits per heavy atom. The van der Waals surface area contributed by atoms with Crippen molar-refractivity contribution in [3.05, 3.63) is 23.9 Å². The van der Waals surface area contributed by atoms with Crippen molar-refractivity contribution < 1.29 is 9.84 Å². The van der Waals surface area contributed by atoms with Crippen LogP contribution in [0.3, 0.4) is 0 Å². The van der Waals surface area contributed by atoms with E-state index >= 15 is 0 Å². The topological polar surface area (TPSA) is 42.4 Å². The van der Waals surface area contributed by atoms with Crippen LogP contribution in [-0.2, 0) is 0 Å². The van der Waals surface area contributed by atoms with Gasteiger partial charge in [-0.05, 0) is 12.5 Å². The van der Waals surface area contributed by atoms with Gasteiger partial charge in [0.05, 0.1) is 6.61 Å². The third kappa shape index (κ3) is 2.88. The van der Waals surface area contributed by atoms with Crippen molar-refractivity contribution in [2.24, 2.45) is 0 Å². The summed E-state index contributed by atoms with van der Waals surface area (Å²) < 4.78 is 5.23. The predicted molar refractivity (Wildman–Crippen MR) is 46.2 cm³/mol. The molecule has 0 aliphatic rings. The highest BCUT2D eigenvalue weighted by Gasteiger charge is 1.92. The number of aliphatic hydroxyl groups excluding tert-OH is 1. The maximum atomic E-state index is 8.49. The van der Waals surface area contributed by atoms with Crippen molar-refractivity contribution in [2.45, 2.75) is 13.3 Å². The number of hydrogen-bond donors (Lipinski definition) is 1. The maximum Gasteiger partial charge on any atom is 0.213 e. The molecule has 0 spiro atoms. The fraction of sp³-hybridized carbons (Fsp3) is 0.444. The van der Waals surface area contributed by atoms with Gasteiger partial charge in [0, 0.05) is 25.3 Å². The Morgan fingerprint density at radius 2 is 2.33 bits per heavy atom. The summed E-state index contributed by atoms with van der Waals surface area (Å²) in [7, 11) is 0. The summed E-state index contributed by atoms with van der Waals surface area (Å²) >= 11 is 0. The number of nitrogens with zero attached hydrogens (tertiary/aromatic N) is 1. The van der Waals surface area contributed by atoms with E-state index in [1.807, 2.05) is 19.1 Å². The lowest BCUT2D eigenvalue weighted by molar-refractivity contribution is 0.229. The van der Waals surface area contributed by atoms with Gasteiger partial charge < -0.3 is 9.84 Å². The van der Waals surface area contributed by atoms with Crippen LogP contribution in [-0.4, -0.2) is 23.3 Å². The number of pyridine rings is 1.